The lowest BCUT2D eigenvalue weighted by Crippen LogP contribution is -2.19. The quantitative estimate of drug-likeness (QED) is 0.407. The molecule has 0 aliphatic heterocycles. The molecule has 2 heterocycles. The maximum absolute atomic E-state index is 12.2. The van der Waals surface area contributed by atoms with E-state index in [0.29, 0.717) is 11.3 Å². The van der Waals surface area contributed by atoms with Gasteiger partial charge >= 0.3 is 0 Å². The highest BCUT2D eigenvalue weighted by Crippen LogP contribution is 2.26. The molecule has 2 N–H and O–H groups in total. The number of hydrazone groups is 1. The van der Waals surface area contributed by atoms with Gasteiger partial charge in [-0.1, -0.05) is 12.1 Å². The monoisotopic (exact) mass is 369 g/mol. The molecule has 1 aromatic carbocycles. The zero-order valence-corrected chi connectivity index (χ0v) is 14.8. The first-order chi connectivity index (χ1) is 12.4. The van der Waals surface area contributed by atoms with Gasteiger partial charge in [-0.3, -0.25) is 20.0 Å². The number of carbonyl (C=O) groups excluding carboxylic acids is 1. The van der Waals surface area contributed by atoms with Crippen LogP contribution in [0.5, 0.6) is 0 Å². The molecular formula is C17H15N5O3S. The highest BCUT2D eigenvalue weighted by molar-refractivity contribution is 7.15. The third-order valence-electron chi connectivity index (χ3n) is 3.62. The third-order valence-corrected chi connectivity index (χ3v) is 4.65. The van der Waals surface area contributed by atoms with Crippen molar-refractivity contribution in [3.05, 3.63) is 68.7 Å². The van der Waals surface area contributed by atoms with Crippen molar-refractivity contribution >= 4 is 28.6 Å². The van der Waals surface area contributed by atoms with Gasteiger partial charge in [0.1, 0.15) is 0 Å². The number of carbonyl (C=O) groups is 1. The van der Waals surface area contributed by atoms with Gasteiger partial charge in [0, 0.05) is 22.6 Å². The van der Waals surface area contributed by atoms with Crippen molar-refractivity contribution in [2.45, 2.75) is 13.8 Å². The number of benzene rings is 1. The lowest BCUT2D eigenvalue weighted by atomic mass is 10.1. The van der Waals surface area contributed by atoms with Gasteiger partial charge in [0.25, 0.3) is 11.6 Å². The number of H-pyrrole nitrogens is 1. The number of aryl methyl sites for hydroxylation is 1. The number of thiophene rings is 1. The molecule has 8 nitrogen and oxygen atoms in total. The van der Waals surface area contributed by atoms with E-state index in [2.05, 4.69) is 20.7 Å². The smallest absolute Gasteiger partial charge is 0.276 e. The topological polar surface area (TPSA) is 113 Å². The molecule has 3 aromatic rings. The number of aromatic nitrogens is 2. The fourth-order valence-corrected chi connectivity index (χ4v) is 3.08. The Labute approximate surface area is 152 Å². The zero-order chi connectivity index (χ0) is 18.7. The number of hydrogen-bond acceptors (Lipinski definition) is 6. The molecule has 26 heavy (non-hydrogen) atoms. The second-order valence-corrected chi connectivity index (χ2v) is 6.81. The number of amides is 1. The Morgan fingerprint density at radius 2 is 2.12 bits per heavy atom. The molecule has 0 saturated carbocycles. The summed E-state index contributed by atoms with van der Waals surface area (Å²) in [7, 11) is 0. The molecule has 0 aliphatic rings. The number of aromatic amines is 1. The fourth-order valence-electron chi connectivity index (χ4n) is 2.24. The largest absolute Gasteiger partial charge is 0.291 e. The van der Waals surface area contributed by atoms with E-state index < -0.39 is 10.8 Å². The van der Waals surface area contributed by atoms with Gasteiger partial charge in [-0.05, 0) is 32.0 Å². The Balaban J connectivity index is 1.72. The molecule has 3 rings (SSSR count). The number of hydrogen-bond donors (Lipinski definition) is 2. The summed E-state index contributed by atoms with van der Waals surface area (Å²) in [6, 6.07) is 11.6. The molecule has 2 aromatic heterocycles. The van der Waals surface area contributed by atoms with Crippen LogP contribution < -0.4 is 5.43 Å². The minimum atomic E-state index is -0.479. The lowest BCUT2D eigenvalue weighted by Gasteiger charge is -2.01. The molecule has 0 radical (unpaired) electrons. The van der Waals surface area contributed by atoms with Crippen molar-refractivity contribution in [1.29, 1.82) is 0 Å². The normalized spacial score (nSPS) is 11.4. The molecule has 0 unspecified atom stereocenters. The number of nitrogens with zero attached hydrogens (tertiary/aromatic N) is 3. The second-order valence-electron chi connectivity index (χ2n) is 5.52. The van der Waals surface area contributed by atoms with Crippen LogP contribution in [0.2, 0.25) is 0 Å². The summed E-state index contributed by atoms with van der Waals surface area (Å²) in [6.07, 6.45) is 0. The maximum Gasteiger partial charge on any atom is 0.291 e. The van der Waals surface area contributed by atoms with Gasteiger partial charge in [-0.2, -0.15) is 10.2 Å². The highest BCUT2D eigenvalue weighted by Gasteiger charge is 2.13. The summed E-state index contributed by atoms with van der Waals surface area (Å²) < 4.78 is 0. The minimum absolute atomic E-state index is 0.0356. The second kappa shape index (κ2) is 7.28. The summed E-state index contributed by atoms with van der Waals surface area (Å²) >= 11 is 1.60. The average Bonchev–Trinajstić information content (AvgIpc) is 3.28. The van der Waals surface area contributed by atoms with Crippen molar-refractivity contribution in [2.75, 3.05) is 0 Å². The van der Waals surface area contributed by atoms with Crippen molar-refractivity contribution in [3.8, 4) is 10.6 Å². The van der Waals surface area contributed by atoms with Crippen LogP contribution in [0.25, 0.3) is 10.6 Å². The molecule has 0 bridgehead atoms. The SMILES string of the molecule is C/C(=N\NC(=O)c1cc(-c2ccc(C)s2)[nH]n1)c1cccc([N+](=O)[O-])c1. The van der Waals surface area contributed by atoms with Crippen LogP contribution in [0.4, 0.5) is 5.69 Å². The fraction of sp³-hybridized carbons (Fsp3) is 0.118. The van der Waals surface area contributed by atoms with Gasteiger partial charge in [0.05, 0.1) is 21.2 Å². The van der Waals surface area contributed by atoms with Gasteiger partial charge in [-0.15, -0.1) is 11.3 Å². The Kier molecular flexibility index (Phi) is 4.90. The van der Waals surface area contributed by atoms with E-state index in [0.717, 1.165) is 15.4 Å². The van der Waals surface area contributed by atoms with Crippen LogP contribution in [-0.2, 0) is 0 Å². The van der Waals surface area contributed by atoms with E-state index in [-0.39, 0.29) is 11.4 Å². The molecule has 0 fully saturated rings. The summed E-state index contributed by atoms with van der Waals surface area (Å²) in [5.74, 6) is -0.467. The third kappa shape index (κ3) is 3.83. The van der Waals surface area contributed by atoms with E-state index in [1.807, 2.05) is 19.1 Å². The number of nitro groups is 1. The summed E-state index contributed by atoms with van der Waals surface area (Å²) in [5.41, 5.74) is 4.35. The highest BCUT2D eigenvalue weighted by atomic mass is 32.1. The molecule has 1 amide bonds. The Hall–Kier alpha value is -3.33. The summed E-state index contributed by atoms with van der Waals surface area (Å²) in [4.78, 5) is 24.7. The van der Waals surface area contributed by atoms with Crippen molar-refractivity contribution < 1.29 is 9.72 Å². The van der Waals surface area contributed by atoms with E-state index in [1.54, 1.807) is 36.5 Å². The molecule has 0 spiro atoms. The zero-order valence-electron chi connectivity index (χ0n) is 14.0. The lowest BCUT2D eigenvalue weighted by molar-refractivity contribution is -0.384. The van der Waals surface area contributed by atoms with Gasteiger partial charge in [0.15, 0.2) is 5.69 Å². The molecule has 132 valence electrons. The molecule has 9 heteroatoms. The van der Waals surface area contributed by atoms with Gasteiger partial charge in [0.2, 0.25) is 0 Å². The first-order valence-electron chi connectivity index (χ1n) is 7.65. The predicted octanol–water partition coefficient (Wildman–Crippen LogP) is 3.51. The Morgan fingerprint density at radius 1 is 1.31 bits per heavy atom. The number of nitro benzene ring substituents is 1. The summed E-state index contributed by atoms with van der Waals surface area (Å²) in [5, 5.41) is 21.7. The van der Waals surface area contributed by atoms with Crippen LogP contribution in [0.3, 0.4) is 0 Å². The first-order valence-corrected chi connectivity index (χ1v) is 8.47. The Morgan fingerprint density at radius 3 is 2.81 bits per heavy atom. The van der Waals surface area contributed by atoms with E-state index in [9.17, 15) is 14.9 Å². The molecule has 0 aliphatic carbocycles. The standard InChI is InChI=1S/C17H15N5O3S/c1-10-6-7-16(26-10)14-9-15(20-19-14)17(23)21-18-11(2)12-4-3-5-13(8-12)22(24)25/h3-9H,1-2H3,(H,19,20)(H,21,23)/b18-11+. The Bertz CT molecular complexity index is 1010. The molecule has 0 saturated heterocycles. The van der Waals surface area contributed by atoms with Crippen molar-refractivity contribution in [1.82, 2.24) is 15.6 Å². The van der Waals surface area contributed by atoms with Gasteiger partial charge in [-0.25, -0.2) is 5.43 Å². The summed E-state index contributed by atoms with van der Waals surface area (Å²) in [6.45, 7) is 3.66. The van der Waals surface area contributed by atoms with E-state index >= 15 is 0 Å². The number of non-ortho nitro benzene ring substituents is 1. The van der Waals surface area contributed by atoms with Crippen LogP contribution in [0, 0.1) is 17.0 Å². The number of rotatable bonds is 5. The van der Waals surface area contributed by atoms with Crippen LogP contribution >= 0.6 is 11.3 Å². The van der Waals surface area contributed by atoms with E-state index in [1.165, 1.54) is 12.1 Å². The van der Waals surface area contributed by atoms with Crippen molar-refractivity contribution in [2.24, 2.45) is 5.10 Å². The minimum Gasteiger partial charge on any atom is -0.276 e. The predicted molar refractivity (Wildman–Crippen MR) is 99.4 cm³/mol. The van der Waals surface area contributed by atoms with Crippen LogP contribution in [-0.4, -0.2) is 26.7 Å². The first kappa shape index (κ1) is 17.5. The van der Waals surface area contributed by atoms with Gasteiger partial charge < -0.3 is 0 Å². The molecule has 0 atom stereocenters. The van der Waals surface area contributed by atoms with Crippen LogP contribution in [0.1, 0.15) is 27.9 Å². The number of nitrogens with one attached hydrogen (secondary N) is 2. The molecular weight excluding hydrogens is 354 g/mol. The van der Waals surface area contributed by atoms with Crippen molar-refractivity contribution in [3.63, 3.8) is 0 Å². The van der Waals surface area contributed by atoms with Crippen LogP contribution in [0.15, 0.2) is 47.6 Å². The average molecular weight is 369 g/mol. The maximum atomic E-state index is 12.2. The van der Waals surface area contributed by atoms with E-state index in [4.69, 9.17) is 0 Å².